The van der Waals surface area contributed by atoms with E-state index in [1.54, 1.807) is 11.9 Å². The predicted molar refractivity (Wildman–Crippen MR) is 51.6 cm³/mol. The van der Waals surface area contributed by atoms with Gasteiger partial charge in [0.25, 0.3) is 0 Å². The standard InChI is InChI=1S/C6H12N2O2S2/c1-8(6(7)11)5-2-3-12(9,10)4-5/h5H,2-4H2,1H3,(H2,7,11). The largest absolute Gasteiger partial charge is 0.376 e. The van der Waals surface area contributed by atoms with Crippen molar-refractivity contribution in [1.82, 2.24) is 4.90 Å². The Kier molecular flexibility index (Phi) is 2.58. The number of sulfone groups is 1. The molecule has 0 radical (unpaired) electrons. The van der Waals surface area contributed by atoms with Crippen LogP contribution in [0.3, 0.4) is 0 Å². The van der Waals surface area contributed by atoms with Gasteiger partial charge in [-0.25, -0.2) is 8.42 Å². The maximum Gasteiger partial charge on any atom is 0.166 e. The van der Waals surface area contributed by atoms with Crippen molar-refractivity contribution in [1.29, 1.82) is 0 Å². The molecule has 0 bridgehead atoms. The third kappa shape index (κ3) is 2.07. The van der Waals surface area contributed by atoms with Gasteiger partial charge >= 0.3 is 0 Å². The van der Waals surface area contributed by atoms with Crippen molar-refractivity contribution in [2.24, 2.45) is 5.73 Å². The van der Waals surface area contributed by atoms with Crippen LogP contribution in [0.15, 0.2) is 0 Å². The van der Waals surface area contributed by atoms with Crippen LogP contribution >= 0.6 is 12.2 Å². The SMILES string of the molecule is CN(C(N)=S)C1CCS(=O)(=O)C1. The lowest BCUT2D eigenvalue weighted by Crippen LogP contribution is -2.40. The van der Waals surface area contributed by atoms with Crippen LogP contribution in [0.1, 0.15) is 6.42 Å². The Morgan fingerprint density at radius 1 is 1.67 bits per heavy atom. The van der Waals surface area contributed by atoms with Crippen molar-refractivity contribution >= 4 is 27.2 Å². The Hall–Kier alpha value is -0.360. The molecule has 1 aliphatic heterocycles. The minimum atomic E-state index is -2.83. The summed E-state index contributed by atoms with van der Waals surface area (Å²) >= 11 is 4.74. The van der Waals surface area contributed by atoms with Crippen LogP contribution in [0.4, 0.5) is 0 Å². The number of hydrogen-bond acceptors (Lipinski definition) is 3. The zero-order valence-corrected chi connectivity index (χ0v) is 8.49. The fourth-order valence-corrected chi connectivity index (χ4v) is 3.18. The quantitative estimate of drug-likeness (QED) is 0.580. The van der Waals surface area contributed by atoms with Gasteiger partial charge in [0.1, 0.15) is 0 Å². The second-order valence-electron chi connectivity index (χ2n) is 3.01. The van der Waals surface area contributed by atoms with Crippen molar-refractivity contribution in [3.05, 3.63) is 0 Å². The highest BCUT2D eigenvalue weighted by Gasteiger charge is 2.30. The van der Waals surface area contributed by atoms with Gasteiger partial charge in [-0.05, 0) is 18.6 Å². The van der Waals surface area contributed by atoms with Gasteiger partial charge in [-0.1, -0.05) is 0 Å². The van der Waals surface area contributed by atoms with Gasteiger partial charge in [0, 0.05) is 13.1 Å². The van der Waals surface area contributed by atoms with Crippen molar-refractivity contribution in [3.63, 3.8) is 0 Å². The first-order chi connectivity index (χ1) is 5.42. The van der Waals surface area contributed by atoms with E-state index in [0.29, 0.717) is 6.42 Å². The molecule has 1 unspecified atom stereocenters. The van der Waals surface area contributed by atoms with Gasteiger partial charge in [0.05, 0.1) is 11.5 Å². The van der Waals surface area contributed by atoms with E-state index in [1.165, 1.54) is 0 Å². The fourth-order valence-electron chi connectivity index (χ4n) is 1.26. The molecule has 1 saturated heterocycles. The highest BCUT2D eigenvalue weighted by Crippen LogP contribution is 2.15. The summed E-state index contributed by atoms with van der Waals surface area (Å²) in [5.74, 6) is 0.436. The minimum Gasteiger partial charge on any atom is -0.376 e. The average molecular weight is 208 g/mol. The molecule has 6 heteroatoms. The van der Waals surface area contributed by atoms with Crippen LogP contribution in [0.5, 0.6) is 0 Å². The van der Waals surface area contributed by atoms with Crippen LogP contribution in [-0.2, 0) is 9.84 Å². The number of hydrogen-bond donors (Lipinski definition) is 1. The van der Waals surface area contributed by atoms with E-state index in [2.05, 4.69) is 0 Å². The summed E-state index contributed by atoms with van der Waals surface area (Å²) in [4.78, 5) is 1.65. The highest BCUT2D eigenvalue weighted by molar-refractivity contribution is 7.91. The summed E-state index contributed by atoms with van der Waals surface area (Å²) in [5, 5.41) is 0.261. The van der Waals surface area contributed by atoms with Crippen LogP contribution in [-0.4, -0.2) is 43.0 Å². The Labute approximate surface area is 77.6 Å². The molecule has 1 heterocycles. The average Bonchev–Trinajstić information content (AvgIpc) is 2.28. The molecular formula is C6H12N2O2S2. The van der Waals surface area contributed by atoms with Gasteiger partial charge < -0.3 is 10.6 Å². The van der Waals surface area contributed by atoms with E-state index in [4.69, 9.17) is 18.0 Å². The lowest BCUT2D eigenvalue weighted by molar-refractivity contribution is 0.399. The van der Waals surface area contributed by atoms with Crippen molar-refractivity contribution < 1.29 is 8.42 Å². The molecular weight excluding hydrogens is 196 g/mol. The first-order valence-corrected chi connectivity index (χ1v) is 5.88. The highest BCUT2D eigenvalue weighted by atomic mass is 32.2. The van der Waals surface area contributed by atoms with E-state index in [1.807, 2.05) is 0 Å². The van der Waals surface area contributed by atoms with Crippen LogP contribution in [0.25, 0.3) is 0 Å². The second-order valence-corrected chi connectivity index (χ2v) is 5.65. The topological polar surface area (TPSA) is 63.4 Å². The van der Waals surface area contributed by atoms with Crippen molar-refractivity contribution in [2.45, 2.75) is 12.5 Å². The Balaban J connectivity index is 2.64. The summed E-state index contributed by atoms with van der Waals surface area (Å²) in [7, 11) is -1.10. The van der Waals surface area contributed by atoms with E-state index in [0.717, 1.165) is 0 Å². The molecule has 4 nitrogen and oxygen atoms in total. The fraction of sp³-hybridized carbons (Fsp3) is 0.833. The zero-order chi connectivity index (χ0) is 9.35. The maximum atomic E-state index is 11.1. The molecule has 0 aromatic rings. The van der Waals surface area contributed by atoms with Crippen LogP contribution < -0.4 is 5.73 Å². The maximum absolute atomic E-state index is 11.1. The Morgan fingerprint density at radius 3 is 2.58 bits per heavy atom. The van der Waals surface area contributed by atoms with Crippen molar-refractivity contribution in [3.8, 4) is 0 Å². The Bertz CT molecular complexity index is 286. The predicted octanol–water partition coefficient (Wildman–Crippen LogP) is -0.651. The number of rotatable bonds is 1. The summed E-state index contributed by atoms with van der Waals surface area (Å²) in [6.07, 6.45) is 0.635. The zero-order valence-electron chi connectivity index (χ0n) is 6.86. The smallest absolute Gasteiger partial charge is 0.166 e. The molecule has 1 fully saturated rings. The first-order valence-electron chi connectivity index (χ1n) is 3.65. The monoisotopic (exact) mass is 208 g/mol. The van der Waals surface area contributed by atoms with Gasteiger partial charge in [-0.3, -0.25) is 0 Å². The van der Waals surface area contributed by atoms with E-state index in [-0.39, 0.29) is 22.7 Å². The normalized spacial score (nSPS) is 26.9. The van der Waals surface area contributed by atoms with Gasteiger partial charge in [-0.15, -0.1) is 0 Å². The molecule has 0 amide bonds. The molecule has 1 rings (SSSR count). The van der Waals surface area contributed by atoms with E-state index < -0.39 is 9.84 Å². The molecule has 0 saturated carbocycles. The molecule has 0 aliphatic carbocycles. The molecule has 2 N–H and O–H groups in total. The summed E-state index contributed by atoms with van der Waals surface area (Å²) < 4.78 is 22.1. The summed E-state index contributed by atoms with van der Waals surface area (Å²) in [6.45, 7) is 0. The lowest BCUT2D eigenvalue weighted by Gasteiger charge is -2.22. The molecule has 70 valence electrons. The first kappa shape index (κ1) is 9.73. The number of thiocarbonyl (C=S) groups is 1. The number of nitrogens with two attached hydrogens (primary N) is 1. The van der Waals surface area contributed by atoms with Gasteiger partial charge in [0.2, 0.25) is 0 Å². The minimum absolute atomic E-state index is 0.0208. The molecule has 1 atom stereocenters. The summed E-state index contributed by atoms with van der Waals surface area (Å²) in [5.41, 5.74) is 5.37. The summed E-state index contributed by atoms with van der Waals surface area (Å²) in [6, 6.07) is -0.0208. The van der Waals surface area contributed by atoms with E-state index in [9.17, 15) is 8.42 Å². The van der Waals surface area contributed by atoms with Crippen molar-refractivity contribution in [2.75, 3.05) is 18.6 Å². The van der Waals surface area contributed by atoms with E-state index >= 15 is 0 Å². The molecule has 1 aliphatic rings. The Morgan fingerprint density at radius 2 is 2.25 bits per heavy atom. The molecule has 0 spiro atoms. The molecule has 12 heavy (non-hydrogen) atoms. The third-order valence-corrected chi connectivity index (χ3v) is 4.14. The van der Waals surface area contributed by atoms with Crippen LogP contribution in [0, 0.1) is 0 Å². The van der Waals surface area contributed by atoms with Gasteiger partial charge in [0.15, 0.2) is 14.9 Å². The molecule has 0 aromatic heterocycles. The lowest BCUT2D eigenvalue weighted by atomic mass is 10.2. The number of nitrogens with zero attached hydrogens (tertiary/aromatic N) is 1. The second kappa shape index (κ2) is 3.18. The van der Waals surface area contributed by atoms with Crippen LogP contribution in [0.2, 0.25) is 0 Å². The third-order valence-electron chi connectivity index (χ3n) is 2.10. The molecule has 0 aromatic carbocycles. The van der Waals surface area contributed by atoms with Gasteiger partial charge in [-0.2, -0.15) is 0 Å².